The highest BCUT2D eigenvalue weighted by Crippen LogP contribution is 2.12. The first-order chi connectivity index (χ1) is 9.10. The number of nitrogens with zero attached hydrogens (tertiary/aromatic N) is 5. The minimum atomic E-state index is 0.277. The first-order valence-electron chi connectivity index (χ1n) is 6.35. The van der Waals surface area contributed by atoms with Crippen molar-refractivity contribution in [1.29, 1.82) is 0 Å². The Hall–Kier alpha value is -1.67. The van der Waals surface area contributed by atoms with E-state index in [0.717, 1.165) is 19.6 Å². The number of rotatable bonds is 8. The van der Waals surface area contributed by atoms with Crippen molar-refractivity contribution < 1.29 is 4.74 Å². The standard InChI is InChI=1S/C11H23N7O/c1-5-18(6-2)7-8-19-11-14-9(16-12)13-10(15-11)17(3)4/h5-8,12H2,1-4H3,(H,13,14,15,16). The first kappa shape index (κ1) is 15.4. The molecule has 1 heterocycles. The van der Waals surface area contributed by atoms with Crippen molar-refractivity contribution in [3.63, 3.8) is 0 Å². The number of ether oxygens (including phenoxy) is 1. The van der Waals surface area contributed by atoms with Crippen LogP contribution in [0, 0.1) is 0 Å². The predicted molar refractivity (Wildman–Crippen MR) is 75.2 cm³/mol. The molecule has 0 aliphatic carbocycles. The van der Waals surface area contributed by atoms with Crippen LogP contribution in [0.1, 0.15) is 13.8 Å². The van der Waals surface area contributed by atoms with Crippen molar-refractivity contribution in [2.24, 2.45) is 5.84 Å². The fourth-order valence-electron chi connectivity index (χ4n) is 1.48. The van der Waals surface area contributed by atoms with E-state index in [-0.39, 0.29) is 12.0 Å². The van der Waals surface area contributed by atoms with Crippen LogP contribution < -0.4 is 20.9 Å². The lowest BCUT2D eigenvalue weighted by molar-refractivity contribution is 0.212. The molecule has 0 saturated heterocycles. The summed E-state index contributed by atoms with van der Waals surface area (Å²) in [5, 5.41) is 0. The summed E-state index contributed by atoms with van der Waals surface area (Å²) in [5.41, 5.74) is 2.40. The number of hydrazine groups is 1. The number of hydrogen-bond donors (Lipinski definition) is 2. The molecule has 1 aromatic heterocycles. The van der Waals surface area contributed by atoms with Gasteiger partial charge in [0.05, 0.1) is 0 Å². The summed E-state index contributed by atoms with van der Waals surface area (Å²) in [4.78, 5) is 16.4. The lowest BCUT2D eigenvalue weighted by atomic mass is 10.5. The fraction of sp³-hybridized carbons (Fsp3) is 0.727. The quantitative estimate of drug-likeness (QED) is 0.501. The van der Waals surface area contributed by atoms with Gasteiger partial charge in [-0.2, -0.15) is 15.0 Å². The number of aromatic nitrogens is 3. The van der Waals surface area contributed by atoms with Crippen molar-refractivity contribution in [3.05, 3.63) is 0 Å². The number of nitrogens with two attached hydrogens (primary N) is 1. The molecule has 0 aliphatic rings. The maximum Gasteiger partial charge on any atom is 0.323 e. The van der Waals surface area contributed by atoms with Crippen LogP contribution in [-0.2, 0) is 0 Å². The molecular weight excluding hydrogens is 246 g/mol. The van der Waals surface area contributed by atoms with Gasteiger partial charge in [0.2, 0.25) is 11.9 Å². The van der Waals surface area contributed by atoms with Gasteiger partial charge in [0.25, 0.3) is 0 Å². The van der Waals surface area contributed by atoms with Crippen molar-refractivity contribution in [1.82, 2.24) is 19.9 Å². The van der Waals surface area contributed by atoms with E-state index in [0.29, 0.717) is 12.6 Å². The van der Waals surface area contributed by atoms with Crippen LogP contribution in [0.3, 0.4) is 0 Å². The van der Waals surface area contributed by atoms with Gasteiger partial charge >= 0.3 is 6.01 Å². The molecule has 0 amide bonds. The molecule has 8 nitrogen and oxygen atoms in total. The number of likely N-dealkylation sites (N-methyl/N-ethyl adjacent to an activating group) is 1. The van der Waals surface area contributed by atoms with Gasteiger partial charge < -0.3 is 14.5 Å². The van der Waals surface area contributed by atoms with Crippen LogP contribution in [0.5, 0.6) is 6.01 Å². The second-order valence-corrected chi connectivity index (χ2v) is 4.16. The predicted octanol–water partition coefficient (Wildman–Crippen LogP) is -0.0562. The zero-order valence-electron chi connectivity index (χ0n) is 12.1. The molecule has 0 aliphatic heterocycles. The van der Waals surface area contributed by atoms with Crippen LogP contribution in [0.4, 0.5) is 11.9 Å². The van der Waals surface area contributed by atoms with Crippen LogP contribution in [0.2, 0.25) is 0 Å². The number of anilines is 2. The summed E-state index contributed by atoms with van der Waals surface area (Å²) < 4.78 is 5.55. The molecule has 8 heteroatoms. The Kier molecular flexibility index (Phi) is 6.23. The maximum absolute atomic E-state index is 5.55. The summed E-state index contributed by atoms with van der Waals surface area (Å²) in [5.74, 6) is 6.11. The summed E-state index contributed by atoms with van der Waals surface area (Å²) in [6.07, 6.45) is 0. The molecule has 0 saturated carbocycles. The maximum atomic E-state index is 5.55. The SMILES string of the molecule is CCN(CC)CCOc1nc(NN)nc(N(C)C)n1. The summed E-state index contributed by atoms with van der Waals surface area (Å²) >= 11 is 0. The third-order valence-corrected chi connectivity index (χ3v) is 2.67. The summed E-state index contributed by atoms with van der Waals surface area (Å²) in [6, 6.07) is 0.277. The Morgan fingerprint density at radius 2 is 1.84 bits per heavy atom. The fourth-order valence-corrected chi connectivity index (χ4v) is 1.48. The number of hydrogen-bond acceptors (Lipinski definition) is 8. The molecule has 19 heavy (non-hydrogen) atoms. The highest BCUT2D eigenvalue weighted by molar-refractivity contribution is 5.35. The van der Waals surface area contributed by atoms with Gasteiger partial charge in [0.1, 0.15) is 6.61 Å². The van der Waals surface area contributed by atoms with Gasteiger partial charge in [-0.3, -0.25) is 5.43 Å². The lowest BCUT2D eigenvalue weighted by Crippen LogP contribution is -2.28. The molecular formula is C11H23N7O. The van der Waals surface area contributed by atoms with Crippen molar-refractivity contribution in [3.8, 4) is 6.01 Å². The van der Waals surface area contributed by atoms with E-state index in [1.54, 1.807) is 4.90 Å². The third kappa shape index (κ3) is 4.84. The molecule has 108 valence electrons. The van der Waals surface area contributed by atoms with Crippen molar-refractivity contribution >= 4 is 11.9 Å². The molecule has 1 aromatic rings. The van der Waals surface area contributed by atoms with Crippen LogP contribution in [0.25, 0.3) is 0 Å². The van der Waals surface area contributed by atoms with Gasteiger partial charge in [0.15, 0.2) is 0 Å². The highest BCUT2D eigenvalue weighted by Gasteiger charge is 2.08. The van der Waals surface area contributed by atoms with Crippen LogP contribution in [0.15, 0.2) is 0 Å². The van der Waals surface area contributed by atoms with E-state index in [2.05, 4.69) is 39.1 Å². The molecule has 0 radical (unpaired) electrons. The lowest BCUT2D eigenvalue weighted by Gasteiger charge is -2.18. The second kappa shape index (κ2) is 7.70. The number of nitrogens with one attached hydrogen (secondary N) is 1. The molecule has 0 atom stereocenters. The number of nitrogen functional groups attached to an aromatic ring is 1. The molecule has 3 N–H and O–H groups in total. The molecule has 0 bridgehead atoms. The van der Waals surface area contributed by atoms with Gasteiger partial charge in [-0.1, -0.05) is 13.8 Å². The molecule has 0 spiro atoms. The van der Waals surface area contributed by atoms with Crippen LogP contribution in [-0.4, -0.2) is 60.2 Å². The van der Waals surface area contributed by atoms with E-state index in [1.807, 2.05) is 14.1 Å². The summed E-state index contributed by atoms with van der Waals surface area (Å²) in [7, 11) is 3.69. The van der Waals surface area contributed by atoms with E-state index in [9.17, 15) is 0 Å². The van der Waals surface area contributed by atoms with Gasteiger partial charge in [0, 0.05) is 20.6 Å². The smallest absolute Gasteiger partial charge is 0.323 e. The van der Waals surface area contributed by atoms with Crippen LogP contribution >= 0.6 is 0 Å². The topological polar surface area (TPSA) is 92.4 Å². The molecule has 0 aromatic carbocycles. The molecule has 0 unspecified atom stereocenters. The highest BCUT2D eigenvalue weighted by atomic mass is 16.5. The summed E-state index contributed by atoms with van der Waals surface area (Å²) in [6.45, 7) is 7.59. The Bertz CT molecular complexity index is 381. The molecule has 0 fully saturated rings. The van der Waals surface area contributed by atoms with E-state index in [4.69, 9.17) is 10.6 Å². The Morgan fingerprint density at radius 1 is 1.16 bits per heavy atom. The minimum absolute atomic E-state index is 0.277. The minimum Gasteiger partial charge on any atom is -0.462 e. The average molecular weight is 269 g/mol. The van der Waals surface area contributed by atoms with E-state index in [1.165, 1.54) is 0 Å². The van der Waals surface area contributed by atoms with E-state index >= 15 is 0 Å². The average Bonchev–Trinajstić information content (AvgIpc) is 2.43. The van der Waals surface area contributed by atoms with Gasteiger partial charge in [-0.15, -0.1) is 0 Å². The van der Waals surface area contributed by atoms with Crippen molar-refractivity contribution in [2.75, 3.05) is 50.7 Å². The Morgan fingerprint density at radius 3 is 2.37 bits per heavy atom. The Labute approximate surface area is 114 Å². The Balaban J connectivity index is 2.64. The van der Waals surface area contributed by atoms with E-state index < -0.39 is 0 Å². The zero-order valence-corrected chi connectivity index (χ0v) is 12.1. The van der Waals surface area contributed by atoms with Gasteiger partial charge in [-0.05, 0) is 13.1 Å². The molecule has 1 rings (SSSR count). The normalized spacial score (nSPS) is 10.6. The monoisotopic (exact) mass is 269 g/mol. The zero-order chi connectivity index (χ0) is 14.3. The third-order valence-electron chi connectivity index (χ3n) is 2.67. The first-order valence-corrected chi connectivity index (χ1v) is 6.35. The van der Waals surface area contributed by atoms with Gasteiger partial charge in [-0.25, -0.2) is 5.84 Å². The second-order valence-electron chi connectivity index (χ2n) is 4.16. The largest absolute Gasteiger partial charge is 0.462 e. The van der Waals surface area contributed by atoms with Crippen molar-refractivity contribution in [2.45, 2.75) is 13.8 Å².